The number of rotatable bonds is 5. The van der Waals surface area contributed by atoms with Crippen molar-refractivity contribution in [3.8, 4) is 16.9 Å². The van der Waals surface area contributed by atoms with Gasteiger partial charge < -0.3 is 5.32 Å². The molecule has 2 aromatic carbocycles. The van der Waals surface area contributed by atoms with Crippen LogP contribution in [0.2, 0.25) is 0 Å². The van der Waals surface area contributed by atoms with Crippen LogP contribution in [0.4, 0.5) is 11.6 Å². The standard InChI is InChI=1S/C22H19N5O/c1-15-20(14-27(26-15)19-6-4-3-5-7-19)21-12-13-23-22(25-21)24-18-10-8-17(9-11-18)16(2)28/h3-14H,1-2H3,(H,23,24,25). The molecule has 0 radical (unpaired) electrons. The summed E-state index contributed by atoms with van der Waals surface area (Å²) in [4.78, 5) is 20.3. The van der Waals surface area contributed by atoms with Gasteiger partial charge in [-0.25, -0.2) is 14.6 Å². The smallest absolute Gasteiger partial charge is 0.227 e. The molecule has 6 nitrogen and oxygen atoms in total. The molecule has 0 amide bonds. The maximum Gasteiger partial charge on any atom is 0.227 e. The van der Waals surface area contributed by atoms with Crippen LogP contribution in [0.1, 0.15) is 23.0 Å². The third kappa shape index (κ3) is 3.66. The molecule has 4 aromatic rings. The summed E-state index contributed by atoms with van der Waals surface area (Å²) in [5, 5.41) is 7.78. The molecular formula is C22H19N5O. The Morgan fingerprint density at radius 1 is 1.00 bits per heavy atom. The number of benzene rings is 2. The molecule has 0 saturated heterocycles. The molecule has 28 heavy (non-hydrogen) atoms. The van der Waals surface area contributed by atoms with Gasteiger partial charge in [0.15, 0.2) is 5.78 Å². The first-order valence-electron chi connectivity index (χ1n) is 8.93. The predicted molar refractivity (Wildman–Crippen MR) is 109 cm³/mol. The van der Waals surface area contributed by atoms with E-state index in [1.807, 2.05) is 66.3 Å². The molecule has 0 atom stereocenters. The first-order valence-corrected chi connectivity index (χ1v) is 8.93. The van der Waals surface area contributed by atoms with E-state index < -0.39 is 0 Å². The monoisotopic (exact) mass is 369 g/mol. The minimum absolute atomic E-state index is 0.0377. The minimum Gasteiger partial charge on any atom is -0.324 e. The molecule has 0 unspecified atom stereocenters. The highest BCUT2D eigenvalue weighted by atomic mass is 16.1. The number of nitrogens with one attached hydrogen (secondary N) is 1. The van der Waals surface area contributed by atoms with E-state index in [2.05, 4.69) is 20.4 Å². The van der Waals surface area contributed by atoms with E-state index in [1.165, 1.54) is 0 Å². The third-order valence-electron chi connectivity index (χ3n) is 4.40. The molecule has 4 rings (SSSR count). The van der Waals surface area contributed by atoms with Crippen molar-refractivity contribution in [3.63, 3.8) is 0 Å². The fourth-order valence-electron chi connectivity index (χ4n) is 2.91. The van der Waals surface area contributed by atoms with Crippen LogP contribution in [0, 0.1) is 6.92 Å². The van der Waals surface area contributed by atoms with E-state index in [0.29, 0.717) is 11.5 Å². The van der Waals surface area contributed by atoms with Gasteiger partial charge in [0.1, 0.15) is 0 Å². The predicted octanol–water partition coefficient (Wildman–Crippen LogP) is 4.58. The van der Waals surface area contributed by atoms with Crippen LogP contribution in [0.3, 0.4) is 0 Å². The highest BCUT2D eigenvalue weighted by molar-refractivity contribution is 5.94. The van der Waals surface area contributed by atoms with Crippen LogP contribution < -0.4 is 5.32 Å². The number of Topliss-reactive ketones (excluding diaryl/α,β-unsaturated/α-hetero) is 1. The Morgan fingerprint density at radius 2 is 1.75 bits per heavy atom. The summed E-state index contributed by atoms with van der Waals surface area (Å²) >= 11 is 0. The van der Waals surface area contributed by atoms with Crippen LogP contribution >= 0.6 is 0 Å². The van der Waals surface area contributed by atoms with E-state index in [-0.39, 0.29) is 5.78 Å². The number of anilines is 2. The number of carbonyl (C=O) groups excluding carboxylic acids is 1. The van der Waals surface area contributed by atoms with Gasteiger partial charge >= 0.3 is 0 Å². The van der Waals surface area contributed by atoms with Gasteiger partial charge in [-0.15, -0.1) is 0 Å². The lowest BCUT2D eigenvalue weighted by molar-refractivity contribution is 0.101. The molecule has 1 N–H and O–H groups in total. The molecular weight excluding hydrogens is 350 g/mol. The lowest BCUT2D eigenvalue weighted by Gasteiger charge is -2.06. The molecule has 0 aliphatic rings. The summed E-state index contributed by atoms with van der Waals surface area (Å²) in [6.45, 7) is 3.51. The van der Waals surface area contributed by atoms with Gasteiger partial charge in [0.25, 0.3) is 0 Å². The van der Waals surface area contributed by atoms with Crippen molar-refractivity contribution in [1.82, 2.24) is 19.7 Å². The number of ketones is 1. The Balaban J connectivity index is 1.60. The highest BCUT2D eigenvalue weighted by Crippen LogP contribution is 2.24. The molecule has 0 bridgehead atoms. The molecule has 6 heteroatoms. The second-order valence-corrected chi connectivity index (χ2v) is 6.43. The van der Waals surface area contributed by atoms with Gasteiger partial charge in [0, 0.05) is 29.2 Å². The highest BCUT2D eigenvalue weighted by Gasteiger charge is 2.11. The normalized spacial score (nSPS) is 10.6. The fourth-order valence-corrected chi connectivity index (χ4v) is 2.91. The lowest BCUT2D eigenvalue weighted by Crippen LogP contribution is -1.99. The first kappa shape index (κ1) is 17.6. The Hall–Kier alpha value is -3.80. The van der Waals surface area contributed by atoms with E-state index in [4.69, 9.17) is 0 Å². The van der Waals surface area contributed by atoms with Crippen molar-refractivity contribution in [1.29, 1.82) is 0 Å². The van der Waals surface area contributed by atoms with Crippen LogP contribution in [0.15, 0.2) is 73.1 Å². The van der Waals surface area contributed by atoms with Gasteiger partial charge in [-0.1, -0.05) is 18.2 Å². The average molecular weight is 369 g/mol. The van der Waals surface area contributed by atoms with Crippen molar-refractivity contribution in [2.45, 2.75) is 13.8 Å². The minimum atomic E-state index is 0.0377. The zero-order chi connectivity index (χ0) is 19.5. The van der Waals surface area contributed by atoms with E-state index in [1.54, 1.807) is 25.3 Å². The van der Waals surface area contributed by atoms with Crippen molar-refractivity contribution in [3.05, 3.63) is 84.3 Å². The zero-order valence-electron chi connectivity index (χ0n) is 15.6. The molecule has 0 fully saturated rings. The van der Waals surface area contributed by atoms with Crippen LogP contribution in [0.25, 0.3) is 16.9 Å². The summed E-state index contributed by atoms with van der Waals surface area (Å²) in [5.74, 6) is 0.524. The molecule has 2 heterocycles. The number of para-hydroxylation sites is 1. The summed E-state index contributed by atoms with van der Waals surface area (Å²) < 4.78 is 1.85. The number of aryl methyl sites for hydroxylation is 1. The summed E-state index contributed by atoms with van der Waals surface area (Å²) in [7, 11) is 0. The van der Waals surface area contributed by atoms with Gasteiger partial charge in [0.05, 0.1) is 17.1 Å². The molecule has 0 saturated carbocycles. The molecule has 0 aliphatic carbocycles. The Morgan fingerprint density at radius 3 is 2.46 bits per heavy atom. The number of nitrogens with zero attached hydrogens (tertiary/aromatic N) is 4. The van der Waals surface area contributed by atoms with Crippen LogP contribution in [0.5, 0.6) is 0 Å². The van der Waals surface area contributed by atoms with Crippen LogP contribution in [-0.4, -0.2) is 25.5 Å². The summed E-state index contributed by atoms with van der Waals surface area (Å²) in [6.07, 6.45) is 3.69. The molecule has 138 valence electrons. The first-order chi connectivity index (χ1) is 13.6. The second kappa shape index (κ2) is 7.44. The average Bonchev–Trinajstić information content (AvgIpc) is 3.11. The Labute approximate surface area is 162 Å². The topological polar surface area (TPSA) is 72.7 Å². The molecule has 0 aliphatic heterocycles. The number of hydrogen-bond donors (Lipinski definition) is 1. The fraction of sp³-hybridized carbons (Fsp3) is 0.0909. The van der Waals surface area contributed by atoms with Crippen LogP contribution in [-0.2, 0) is 0 Å². The largest absolute Gasteiger partial charge is 0.324 e. The summed E-state index contributed by atoms with van der Waals surface area (Å²) in [5.41, 5.74) is 5.11. The van der Waals surface area contributed by atoms with Gasteiger partial charge in [-0.3, -0.25) is 4.79 Å². The van der Waals surface area contributed by atoms with E-state index in [9.17, 15) is 4.79 Å². The van der Waals surface area contributed by atoms with Crippen molar-refractivity contribution in [2.75, 3.05) is 5.32 Å². The molecule has 2 aromatic heterocycles. The SMILES string of the molecule is CC(=O)c1ccc(Nc2nccc(-c3cn(-c4ccccc4)nc3C)n2)cc1. The van der Waals surface area contributed by atoms with E-state index in [0.717, 1.165) is 28.3 Å². The van der Waals surface area contributed by atoms with Gasteiger partial charge in [-0.2, -0.15) is 5.10 Å². The lowest BCUT2D eigenvalue weighted by atomic mass is 10.1. The third-order valence-corrected chi connectivity index (χ3v) is 4.40. The van der Waals surface area contributed by atoms with Gasteiger partial charge in [-0.05, 0) is 56.3 Å². The Bertz CT molecular complexity index is 1120. The summed E-state index contributed by atoms with van der Waals surface area (Å²) in [6, 6.07) is 19.1. The molecule has 0 spiro atoms. The van der Waals surface area contributed by atoms with Gasteiger partial charge in [0.2, 0.25) is 5.95 Å². The van der Waals surface area contributed by atoms with E-state index >= 15 is 0 Å². The quantitative estimate of drug-likeness (QED) is 0.521. The maximum atomic E-state index is 11.4. The Kier molecular flexibility index (Phi) is 4.68. The second-order valence-electron chi connectivity index (χ2n) is 6.43. The number of aromatic nitrogens is 4. The van der Waals surface area contributed by atoms with Crippen molar-refractivity contribution >= 4 is 17.4 Å². The number of hydrogen-bond acceptors (Lipinski definition) is 5. The number of carbonyl (C=O) groups is 1. The zero-order valence-corrected chi connectivity index (χ0v) is 15.6. The maximum absolute atomic E-state index is 11.4. The van der Waals surface area contributed by atoms with Crippen molar-refractivity contribution in [2.24, 2.45) is 0 Å². The van der Waals surface area contributed by atoms with Crippen molar-refractivity contribution < 1.29 is 4.79 Å².